The molecule has 0 fully saturated rings. The van der Waals surface area contributed by atoms with Gasteiger partial charge >= 0.3 is 5.97 Å². The van der Waals surface area contributed by atoms with E-state index in [2.05, 4.69) is 5.32 Å². The molecule has 0 aromatic heterocycles. The smallest absolute Gasteiger partial charge is 0.317 e. The summed E-state index contributed by atoms with van der Waals surface area (Å²) in [4.78, 5) is 19.7. The molecule has 16 heavy (non-hydrogen) atoms. The lowest BCUT2D eigenvalue weighted by Gasteiger charge is -1.93. The fourth-order valence-electron chi connectivity index (χ4n) is 0.884. The average Bonchev–Trinajstić information content (AvgIpc) is 2.30. The molecule has 0 radical (unpaired) electrons. The summed E-state index contributed by atoms with van der Waals surface area (Å²) in [5.41, 5.74) is 7.09. The first-order chi connectivity index (χ1) is 7.63. The summed E-state index contributed by atoms with van der Waals surface area (Å²) < 4.78 is 0. The highest BCUT2D eigenvalue weighted by Crippen LogP contribution is 2.00. The van der Waals surface area contributed by atoms with Crippen LogP contribution in [0.2, 0.25) is 0 Å². The Balaban J connectivity index is 0.000000325. The standard InChI is InChI=1S/C8H9NO.C3H7NO2/c9-5-7-1-3-8(6-10)4-2-7;1-4-2-3(5)6/h1-4,6H,5,9H2;4H,2H2,1H3,(H,5,6). The number of carbonyl (C=O) groups excluding carboxylic acids is 1. The van der Waals surface area contributed by atoms with Gasteiger partial charge in [0.05, 0.1) is 6.54 Å². The number of nitrogens with one attached hydrogen (secondary N) is 1. The molecule has 0 amide bonds. The maximum Gasteiger partial charge on any atom is 0.317 e. The van der Waals surface area contributed by atoms with Crippen molar-refractivity contribution < 1.29 is 14.7 Å². The number of benzene rings is 1. The van der Waals surface area contributed by atoms with Crippen LogP contribution in [0.25, 0.3) is 0 Å². The minimum Gasteiger partial charge on any atom is -0.480 e. The predicted octanol–water partition coefficient (Wildman–Crippen LogP) is 0.248. The first kappa shape index (κ1) is 14.3. The van der Waals surface area contributed by atoms with Gasteiger partial charge in [-0.15, -0.1) is 0 Å². The van der Waals surface area contributed by atoms with E-state index >= 15 is 0 Å². The third-order valence-corrected chi connectivity index (χ3v) is 1.68. The van der Waals surface area contributed by atoms with E-state index in [0.717, 1.165) is 11.8 Å². The summed E-state index contributed by atoms with van der Waals surface area (Å²) >= 11 is 0. The second-order valence-electron chi connectivity index (χ2n) is 2.99. The van der Waals surface area contributed by atoms with Gasteiger partial charge in [-0.3, -0.25) is 9.59 Å². The summed E-state index contributed by atoms with van der Waals surface area (Å²) in [6.45, 7) is 0.569. The quantitative estimate of drug-likeness (QED) is 0.637. The van der Waals surface area contributed by atoms with Crippen molar-refractivity contribution in [2.45, 2.75) is 6.54 Å². The molecule has 0 bridgehead atoms. The molecule has 0 spiro atoms. The predicted molar refractivity (Wildman–Crippen MR) is 61.3 cm³/mol. The summed E-state index contributed by atoms with van der Waals surface area (Å²) in [5, 5.41) is 10.3. The lowest BCUT2D eigenvalue weighted by atomic mass is 10.1. The SMILES string of the molecule is CNCC(=O)O.NCc1ccc(C=O)cc1. The van der Waals surface area contributed by atoms with Gasteiger partial charge in [0.25, 0.3) is 0 Å². The molecule has 0 aliphatic rings. The number of rotatable bonds is 4. The van der Waals surface area contributed by atoms with Gasteiger partial charge in [0.15, 0.2) is 0 Å². The number of carboxylic acid groups (broad SMARTS) is 1. The van der Waals surface area contributed by atoms with Crippen LogP contribution in [0.5, 0.6) is 0 Å². The van der Waals surface area contributed by atoms with Gasteiger partial charge in [0, 0.05) is 12.1 Å². The Hall–Kier alpha value is -1.72. The van der Waals surface area contributed by atoms with Crippen LogP contribution >= 0.6 is 0 Å². The van der Waals surface area contributed by atoms with Gasteiger partial charge < -0.3 is 16.2 Å². The highest BCUT2D eigenvalue weighted by molar-refractivity contribution is 5.74. The van der Waals surface area contributed by atoms with Gasteiger partial charge in [-0.25, -0.2) is 0 Å². The molecule has 0 heterocycles. The van der Waals surface area contributed by atoms with Gasteiger partial charge in [0.1, 0.15) is 6.29 Å². The maximum absolute atomic E-state index is 10.2. The number of nitrogens with two attached hydrogens (primary N) is 1. The van der Waals surface area contributed by atoms with Crippen molar-refractivity contribution in [3.63, 3.8) is 0 Å². The number of aldehydes is 1. The number of hydrogen-bond acceptors (Lipinski definition) is 4. The van der Waals surface area contributed by atoms with E-state index in [1.165, 1.54) is 0 Å². The summed E-state index contributed by atoms with van der Waals surface area (Å²) in [6, 6.07) is 7.22. The van der Waals surface area contributed by atoms with Crippen molar-refractivity contribution in [3.05, 3.63) is 35.4 Å². The molecule has 5 heteroatoms. The zero-order valence-electron chi connectivity index (χ0n) is 9.14. The minimum absolute atomic E-state index is 0.0417. The number of aliphatic carboxylic acids is 1. The molecule has 0 saturated carbocycles. The highest BCUT2D eigenvalue weighted by Gasteiger charge is 1.88. The van der Waals surface area contributed by atoms with Crippen LogP contribution < -0.4 is 11.1 Å². The Kier molecular flexibility index (Phi) is 7.66. The van der Waals surface area contributed by atoms with Crippen molar-refractivity contribution in [2.24, 2.45) is 5.73 Å². The van der Waals surface area contributed by atoms with Crippen LogP contribution in [0.1, 0.15) is 15.9 Å². The van der Waals surface area contributed by atoms with Gasteiger partial charge in [-0.2, -0.15) is 0 Å². The minimum atomic E-state index is -0.822. The Morgan fingerprint density at radius 1 is 1.44 bits per heavy atom. The zero-order valence-corrected chi connectivity index (χ0v) is 9.14. The van der Waals surface area contributed by atoms with Crippen LogP contribution in [0.4, 0.5) is 0 Å². The molecule has 5 nitrogen and oxygen atoms in total. The molecule has 1 rings (SSSR count). The normalized spacial score (nSPS) is 8.88. The van der Waals surface area contributed by atoms with Crippen LogP contribution in [-0.4, -0.2) is 31.0 Å². The topological polar surface area (TPSA) is 92.4 Å². The van der Waals surface area contributed by atoms with E-state index in [1.54, 1.807) is 19.2 Å². The van der Waals surface area contributed by atoms with Gasteiger partial charge in [0.2, 0.25) is 0 Å². The van der Waals surface area contributed by atoms with Crippen LogP contribution in [0, 0.1) is 0 Å². The number of carboxylic acids is 1. The van der Waals surface area contributed by atoms with Crippen molar-refractivity contribution in [2.75, 3.05) is 13.6 Å². The summed E-state index contributed by atoms with van der Waals surface area (Å²) in [5.74, 6) is -0.822. The Labute approximate surface area is 94.3 Å². The molecule has 0 aliphatic carbocycles. The molecule has 0 atom stereocenters. The Morgan fingerprint density at radius 3 is 2.25 bits per heavy atom. The highest BCUT2D eigenvalue weighted by atomic mass is 16.4. The van der Waals surface area contributed by atoms with Gasteiger partial charge in [-0.05, 0) is 12.6 Å². The van der Waals surface area contributed by atoms with Crippen molar-refractivity contribution >= 4 is 12.3 Å². The average molecular weight is 224 g/mol. The monoisotopic (exact) mass is 224 g/mol. The van der Waals surface area contributed by atoms with Crippen LogP contribution in [0.15, 0.2) is 24.3 Å². The van der Waals surface area contributed by atoms with E-state index in [9.17, 15) is 9.59 Å². The number of carbonyl (C=O) groups is 2. The fourth-order valence-corrected chi connectivity index (χ4v) is 0.884. The van der Waals surface area contributed by atoms with Crippen LogP contribution in [0.3, 0.4) is 0 Å². The van der Waals surface area contributed by atoms with E-state index in [1.807, 2.05) is 12.1 Å². The van der Waals surface area contributed by atoms with E-state index < -0.39 is 5.97 Å². The molecular formula is C11H16N2O3. The van der Waals surface area contributed by atoms with E-state index in [0.29, 0.717) is 12.1 Å². The number of likely N-dealkylation sites (N-methyl/N-ethyl adjacent to an activating group) is 1. The second kappa shape index (κ2) is 8.58. The lowest BCUT2D eigenvalue weighted by molar-refractivity contribution is -0.135. The first-order valence-electron chi connectivity index (χ1n) is 4.74. The summed E-state index contributed by atoms with van der Waals surface area (Å²) in [7, 11) is 1.59. The molecular weight excluding hydrogens is 208 g/mol. The Bertz CT molecular complexity index is 323. The van der Waals surface area contributed by atoms with Crippen LogP contribution in [-0.2, 0) is 11.3 Å². The maximum atomic E-state index is 10.2. The molecule has 0 saturated heterocycles. The van der Waals surface area contributed by atoms with Gasteiger partial charge in [-0.1, -0.05) is 24.3 Å². The second-order valence-corrected chi connectivity index (χ2v) is 2.99. The first-order valence-corrected chi connectivity index (χ1v) is 4.74. The Morgan fingerprint density at radius 2 is 2.00 bits per heavy atom. The van der Waals surface area contributed by atoms with E-state index in [-0.39, 0.29) is 6.54 Å². The van der Waals surface area contributed by atoms with E-state index in [4.69, 9.17) is 10.8 Å². The molecule has 0 unspecified atom stereocenters. The summed E-state index contributed by atoms with van der Waals surface area (Å²) in [6.07, 6.45) is 0.820. The lowest BCUT2D eigenvalue weighted by Crippen LogP contribution is -2.16. The van der Waals surface area contributed by atoms with Crippen molar-refractivity contribution in [1.82, 2.24) is 5.32 Å². The third-order valence-electron chi connectivity index (χ3n) is 1.68. The zero-order chi connectivity index (χ0) is 12.4. The molecule has 1 aromatic rings. The molecule has 88 valence electrons. The fraction of sp³-hybridized carbons (Fsp3) is 0.273. The molecule has 4 N–H and O–H groups in total. The number of hydrogen-bond donors (Lipinski definition) is 3. The molecule has 1 aromatic carbocycles. The van der Waals surface area contributed by atoms with Crippen molar-refractivity contribution in [1.29, 1.82) is 0 Å². The third kappa shape index (κ3) is 6.69. The molecule has 0 aliphatic heterocycles. The van der Waals surface area contributed by atoms with Crippen molar-refractivity contribution in [3.8, 4) is 0 Å². The largest absolute Gasteiger partial charge is 0.480 e.